The minimum Gasteiger partial charge on any atom is -0.476 e. The highest BCUT2D eigenvalue weighted by Gasteiger charge is 2.26. The minimum atomic E-state index is -1.08. The Labute approximate surface area is 119 Å². The van der Waals surface area contributed by atoms with Crippen molar-refractivity contribution in [1.29, 1.82) is 0 Å². The fourth-order valence-corrected chi connectivity index (χ4v) is 2.34. The van der Waals surface area contributed by atoms with Crippen LogP contribution in [0, 0.1) is 0 Å². The number of aromatic carboxylic acids is 1. The second-order valence-electron chi connectivity index (χ2n) is 4.68. The first-order chi connectivity index (χ1) is 8.99. The van der Waals surface area contributed by atoms with Crippen LogP contribution in [0.4, 0.5) is 0 Å². The summed E-state index contributed by atoms with van der Waals surface area (Å²) in [6.07, 6.45) is 1.19. The standard InChI is InChI=1S/C12H16BrN3O3/c1-7(2)16-3-4-19-9(6-16)11-14-5-8(13)10(15-11)12(17)18/h5,7,9H,3-4,6H2,1-2H3,(H,17,18). The van der Waals surface area contributed by atoms with Crippen molar-refractivity contribution in [2.45, 2.75) is 26.0 Å². The highest BCUT2D eigenvalue weighted by molar-refractivity contribution is 9.10. The van der Waals surface area contributed by atoms with Crippen molar-refractivity contribution in [3.05, 3.63) is 22.2 Å². The van der Waals surface area contributed by atoms with E-state index in [0.717, 1.165) is 6.54 Å². The Bertz CT molecular complexity index is 481. The number of morpholine rings is 1. The molecule has 19 heavy (non-hydrogen) atoms. The van der Waals surface area contributed by atoms with Gasteiger partial charge in [0.25, 0.3) is 0 Å². The van der Waals surface area contributed by atoms with E-state index in [1.807, 2.05) is 0 Å². The van der Waals surface area contributed by atoms with Crippen molar-refractivity contribution < 1.29 is 14.6 Å². The lowest BCUT2D eigenvalue weighted by Gasteiger charge is -2.34. The summed E-state index contributed by atoms with van der Waals surface area (Å²) in [6, 6.07) is 0.417. The van der Waals surface area contributed by atoms with Crippen LogP contribution >= 0.6 is 15.9 Å². The van der Waals surface area contributed by atoms with Crippen LogP contribution < -0.4 is 0 Å². The zero-order chi connectivity index (χ0) is 14.0. The van der Waals surface area contributed by atoms with Crippen LogP contribution in [0.2, 0.25) is 0 Å². The Morgan fingerprint density at radius 3 is 3.00 bits per heavy atom. The van der Waals surface area contributed by atoms with Gasteiger partial charge >= 0.3 is 5.97 Å². The van der Waals surface area contributed by atoms with Crippen LogP contribution in [0.3, 0.4) is 0 Å². The highest BCUT2D eigenvalue weighted by atomic mass is 79.9. The third-order valence-corrected chi connectivity index (χ3v) is 3.66. The lowest BCUT2D eigenvalue weighted by atomic mass is 10.2. The van der Waals surface area contributed by atoms with Gasteiger partial charge in [-0.3, -0.25) is 4.90 Å². The summed E-state index contributed by atoms with van der Waals surface area (Å²) in [5, 5.41) is 9.06. The topological polar surface area (TPSA) is 75.5 Å². The van der Waals surface area contributed by atoms with Crippen LogP contribution in [-0.4, -0.2) is 51.7 Å². The first-order valence-corrected chi connectivity index (χ1v) is 6.89. The van der Waals surface area contributed by atoms with E-state index in [-0.39, 0.29) is 11.8 Å². The average molecular weight is 330 g/mol. The number of ether oxygens (including phenoxy) is 1. The molecule has 0 amide bonds. The molecule has 1 saturated heterocycles. The predicted molar refractivity (Wildman–Crippen MR) is 72.1 cm³/mol. The van der Waals surface area contributed by atoms with Crippen LogP contribution in [0.5, 0.6) is 0 Å². The zero-order valence-corrected chi connectivity index (χ0v) is 12.4. The van der Waals surface area contributed by atoms with Gasteiger partial charge in [-0.15, -0.1) is 0 Å². The first-order valence-electron chi connectivity index (χ1n) is 6.10. The number of rotatable bonds is 3. The lowest BCUT2D eigenvalue weighted by Crippen LogP contribution is -2.42. The smallest absolute Gasteiger partial charge is 0.355 e. The number of nitrogens with zero attached hydrogens (tertiary/aromatic N) is 3. The first kappa shape index (κ1) is 14.4. The van der Waals surface area contributed by atoms with Gasteiger partial charge in [-0.25, -0.2) is 14.8 Å². The van der Waals surface area contributed by atoms with Crippen LogP contribution in [-0.2, 0) is 4.74 Å². The van der Waals surface area contributed by atoms with E-state index < -0.39 is 5.97 Å². The molecule has 1 aliphatic rings. The molecule has 1 aromatic heterocycles. The van der Waals surface area contributed by atoms with Crippen molar-refractivity contribution in [2.24, 2.45) is 0 Å². The molecule has 6 nitrogen and oxygen atoms in total. The molecule has 1 atom stereocenters. The van der Waals surface area contributed by atoms with Crippen molar-refractivity contribution >= 4 is 21.9 Å². The predicted octanol–water partition coefficient (Wildman–Crippen LogP) is 1.72. The molecule has 1 aliphatic heterocycles. The summed E-state index contributed by atoms with van der Waals surface area (Å²) in [6.45, 7) is 6.39. The summed E-state index contributed by atoms with van der Waals surface area (Å²) in [4.78, 5) is 21.6. The van der Waals surface area contributed by atoms with E-state index in [0.29, 0.717) is 29.5 Å². The second-order valence-corrected chi connectivity index (χ2v) is 5.53. The van der Waals surface area contributed by atoms with E-state index >= 15 is 0 Å². The lowest BCUT2D eigenvalue weighted by molar-refractivity contribution is -0.0443. The zero-order valence-electron chi connectivity index (χ0n) is 10.8. The third kappa shape index (κ3) is 3.29. The molecule has 104 valence electrons. The van der Waals surface area contributed by atoms with Gasteiger partial charge in [-0.1, -0.05) is 0 Å². The number of carboxylic acid groups (broad SMARTS) is 1. The van der Waals surface area contributed by atoms with Crippen molar-refractivity contribution in [3.63, 3.8) is 0 Å². The number of hydrogen-bond acceptors (Lipinski definition) is 5. The largest absolute Gasteiger partial charge is 0.476 e. The minimum absolute atomic E-state index is 0.0322. The number of hydrogen-bond donors (Lipinski definition) is 1. The summed E-state index contributed by atoms with van der Waals surface area (Å²) in [5.41, 5.74) is -0.0322. The molecular weight excluding hydrogens is 314 g/mol. The molecule has 0 aliphatic carbocycles. The Morgan fingerprint density at radius 1 is 1.63 bits per heavy atom. The van der Waals surface area contributed by atoms with Gasteiger partial charge in [0.15, 0.2) is 11.5 Å². The maximum atomic E-state index is 11.1. The van der Waals surface area contributed by atoms with Gasteiger partial charge < -0.3 is 9.84 Å². The summed E-state index contributed by atoms with van der Waals surface area (Å²) < 4.78 is 6.02. The Morgan fingerprint density at radius 2 is 2.37 bits per heavy atom. The summed E-state index contributed by atoms with van der Waals surface area (Å²) in [5.74, 6) is -0.655. The van der Waals surface area contributed by atoms with E-state index in [2.05, 4.69) is 44.6 Å². The third-order valence-electron chi connectivity index (χ3n) is 3.08. The molecule has 0 radical (unpaired) electrons. The van der Waals surface area contributed by atoms with E-state index in [4.69, 9.17) is 9.84 Å². The molecule has 1 fully saturated rings. The van der Waals surface area contributed by atoms with Crippen LogP contribution in [0.1, 0.15) is 36.3 Å². The fourth-order valence-electron chi connectivity index (χ4n) is 1.98. The molecule has 2 heterocycles. The van der Waals surface area contributed by atoms with Crippen molar-refractivity contribution in [1.82, 2.24) is 14.9 Å². The van der Waals surface area contributed by atoms with Gasteiger partial charge in [0.2, 0.25) is 0 Å². The second kappa shape index (κ2) is 5.94. The number of aromatic nitrogens is 2. The van der Waals surface area contributed by atoms with Crippen LogP contribution in [0.15, 0.2) is 10.7 Å². The molecule has 0 aromatic carbocycles. The Hall–Kier alpha value is -1.05. The fraction of sp³-hybridized carbons (Fsp3) is 0.583. The van der Waals surface area contributed by atoms with Gasteiger partial charge in [0.05, 0.1) is 11.1 Å². The molecule has 7 heteroatoms. The maximum Gasteiger partial charge on any atom is 0.355 e. The van der Waals surface area contributed by atoms with Crippen molar-refractivity contribution in [3.8, 4) is 0 Å². The molecule has 0 saturated carbocycles. The van der Waals surface area contributed by atoms with E-state index in [1.165, 1.54) is 6.20 Å². The van der Waals surface area contributed by atoms with Crippen molar-refractivity contribution in [2.75, 3.05) is 19.7 Å². The average Bonchev–Trinajstić information content (AvgIpc) is 2.39. The maximum absolute atomic E-state index is 11.1. The molecule has 2 rings (SSSR count). The van der Waals surface area contributed by atoms with E-state index in [9.17, 15) is 4.79 Å². The molecule has 0 spiro atoms. The number of carboxylic acids is 1. The van der Waals surface area contributed by atoms with Crippen LogP contribution in [0.25, 0.3) is 0 Å². The van der Waals surface area contributed by atoms with Gasteiger partial charge in [0.1, 0.15) is 6.10 Å². The molecule has 0 bridgehead atoms. The van der Waals surface area contributed by atoms with E-state index in [1.54, 1.807) is 0 Å². The molecule has 1 aromatic rings. The molecule has 1 N–H and O–H groups in total. The molecule has 1 unspecified atom stereocenters. The monoisotopic (exact) mass is 329 g/mol. The summed E-state index contributed by atoms with van der Waals surface area (Å²) >= 11 is 3.13. The molecular formula is C12H16BrN3O3. The quantitative estimate of drug-likeness (QED) is 0.909. The van der Waals surface area contributed by atoms with Gasteiger partial charge in [0, 0.05) is 25.3 Å². The Balaban J connectivity index is 2.22. The SMILES string of the molecule is CC(C)N1CCOC(c2ncc(Br)c(C(=O)O)n2)C1. The Kier molecular flexibility index (Phi) is 4.49. The van der Waals surface area contributed by atoms with Gasteiger partial charge in [-0.2, -0.15) is 0 Å². The number of carbonyl (C=O) groups is 1. The van der Waals surface area contributed by atoms with Gasteiger partial charge in [-0.05, 0) is 29.8 Å². The summed E-state index contributed by atoms with van der Waals surface area (Å²) in [7, 11) is 0. The number of halogens is 1. The highest BCUT2D eigenvalue weighted by Crippen LogP contribution is 2.22. The normalized spacial score (nSPS) is 20.7.